The van der Waals surface area contributed by atoms with Crippen LogP contribution in [-0.4, -0.2) is 35.0 Å². The molecule has 26 heavy (non-hydrogen) atoms. The van der Waals surface area contributed by atoms with E-state index in [1.165, 1.54) is 6.92 Å². The molecule has 0 aromatic rings. The van der Waals surface area contributed by atoms with E-state index in [0.717, 1.165) is 32.1 Å². The summed E-state index contributed by atoms with van der Waals surface area (Å²) in [5.41, 5.74) is -0.851. The number of aliphatic hydroxyl groups excluding tert-OH is 1. The van der Waals surface area contributed by atoms with Crippen molar-refractivity contribution < 1.29 is 19.4 Å². The van der Waals surface area contributed by atoms with E-state index in [1.807, 2.05) is 6.08 Å². The van der Waals surface area contributed by atoms with E-state index in [-0.39, 0.29) is 33.9 Å². The summed E-state index contributed by atoms with van der Waals surface area (Å²) >= 11 is 0. The number of hydrogen-bond acceptors (Lipinski definition) is 4. The van der Waals surface area contributed by atoms with Gasteiger partial charge in [-0.25, -0.2) is 0 Å². The van der Waals surface area contributed by atoms with Gasteiger partial charge < -0.3 is 14.6 Å². The maximum Gasteiger partial charge on any atom is 0.302 e. The zero-order chi connectivity index (χ0) is 19.4. The number of esters is 1. The number of carbonyl (C=O) groups excluding carboxylic acids is 1. The lowest BCUT2D eigenvalue weighted by Crippen LogP contribution is -2.67. The highest BCUT2D eigenvalue weighted by Gasteiger charge is 2.65. The summed E-state index contributed by atoms with van der Waals surface area (Å²) in [5.74, 6) is 0.280. The van der Waals surface area contributed by atoms with Gasteiger partial charge in [-0.1, -0.05) is 26.3 Å². The fourth-order valence-electron chi connectivity index (χ4n) is 6.98. The molecule has 0 aromatic carbocycles. The summed E-state index contributed by atoms with van der Waals surface area (Å²) in [4.78, 5) is 11.4. The molecule has 3 fully saturated rings. The zero-order valence-electron chi connectivity index (χ0n) is 17.1. The Labute approximate surface area is 158 Å². The molecule has 148 valence electrons. The molecule has 1 heterocycles. The predicted octanol–water partition coefficient (Wildman–Crippen LogP) is 4.26. The first-order chi connectivity index (χ1) is 12.0. The number of hydrogen-bond donors (Lipinski definition) is 1. The highest BCUT2D eigenvalue weighted by Crippen LogP contribution is 2.65. The van der Waals surface area contributed by atoms with Gasteiger partial charge in [0, 0.05) is 18.8 Å². The van der Waals surface area contributed by atoms with Crippen LogP contribution < -0.4 is 0 Å². The van der Waals surface area contributed by atoms with Crippen molar-refractivity contribution in [1.29, 1.82) is 0 Å². The Morgan fingerprint density at radius 1 is 1.27 bits per heavy atom. The predicted molar refractivity (Wildman–Crippen MR) is 102 cm³/mol. The van der Waals surface area contributed by atoms with Crippen LogP contribution in [0.1, 0.15) is 73.1 Å². The smallest absolute Gasteiger partial charge is 0.302 e. The summed E-state index contributed by atoms with van der Waals surface area (Å²) in [6, 6.07) is 0. The first-order valence-corrected chi connectivity index (χ1v) is 10.1. The summed E-state index contributed by atoms with van der Waals surface area (Å²) < 4.78 is 12.0. The number of carbonyl (C=O) groups is 1. The molecule has 1 saturated heterocycles. The normalized spacial score (nSPS) is 51.1. The molecular formula is C22H36O4. The zero-order valence-corrected chi connectivity index (χ0v) is 17.1. The van der Waals surface area contributed by atoms with Crippen LogP contribution >= 0.6 is 0 Å². The first-order valence-electron chi connectivity index (χ1n) is 10.1. The molecule has 3 aliphatic rings. The van der Waals surface area contributed by atoms with Crippen molar-refractivity contribution >= 4 is 5.97 Å². The average molecular weight is 365 g/mol. The molecule has 3 rings (SSSR count). The SMILES string of the molecule is C=C[C@]1(C)CCC2[C@]3(C)CCCC(C)(COC(C)=O)[C@@H]3[C@H](O)C[C@]2(C)O1. The van der Waals surface area contributed by atoms with E-state index in [9.17, 15) is 9.90 Å². The molecule has 1 N–H and O–H groups in total. The fourth-order valence-corrected chi connectivity index (χ4v) is 6.98. The Kier molecular flexibility index (Phi) is 4.85. The Bertz CT molecular complexity index is 589. The van der Waals surface area contributed by atoms with Gasteiger partial charge in [-0.05, 0) is 56.8 Å². The number of fused-ring (bicyclic) bond motifs is 3. The van der Waals surface area contributed by atoms with E-state index in [1.54, 1.807) is 0 Å². The average Bonchev–Trinajstić information content (AvgIpc) is 2.51. The number of aliphatic hydroxyl groups is 1. The lowest BCUT2D eigenvalue weighted by molar-refractivity contribution is -0.281. The highest BCUT2D eigenvalue weighted by molar-refractivity contribution is 5.65. The Balaban J connectivity index is 1.95. The van der Waals surface area contributed by atoms with Crippen molar-refractivity contribution in [3.8, 4) is 0 Å². The van der Waals surface area contributed by atoms with E-state index in [2.05, 4.69) is 34.3 Å². The van der Waals surface area contributed by atoms with Crippen molar-refractivity contribution in [2.45, 2.75) is 90.4 Å². The third-order valence-corrected chi connectivity index (χ3v) is 7.89. The summed E-state index contributed by atoms with van der Waals surface area (Å²) in [6.07, 6.45) is 7.35. The third kappa shape index (κ3) is 3.03. The summed E-state index contributed by atoms with van der Waals surface area (Å²) in [7, 11) is 0. The van der Waals surface area contributed by atoms with Gasteiger partial charge in [0.05, 0.1) is 23.9 Å². The van der Waals surface area contributed by atoms with Crippen molar-refractivity contribution in [1.82, 2.24) is 0 Å². The topological polar surface area (TPSA) is 55.8 Å². The summed E-state index contributed by atoms with van der Waals surface area (Å²) in [5, 5.41) is 11.3. The maximum absolute atomic E-state index is 11.4. The molecule has 2 saturated carbocycles. The van der Waals surface area contributed by atoms with Crippen LogP contribution in [0, 0.1) is 22.7 Å². The van der Waals surface area contributed by atoms with Gasteiger partial charge in [-0.3, -0.25) is 4.79 Å². The minimum Gasteiger partial charge on any atom is -0.465 e. The van der Waals surface area contributed by atoms with Gasteiger partial charge in [0.15, 0.2) is 0 Å². The molecule has 1 aliphatic heterocycles. The molecule has 0 spiro atoms. The number of rotatable bonds is 3. The van der Waals surface area contributed by atoms with Gasteiger partial charge in [-0.2, -0.15) is 0 Å². The number of ether oxygens (including phenoxy) is 2. The molecule has 2 unspecified atom stereocenters. The standard InChI is InChI=1S/C22H36O4/c1-7-20(4)12-9-17-21(5)11-8-10-19(3,14-25-15(2)23)18(21)16(24)13-22(17,6)26-20/h7,16-18,24H,1,8-14H2,2-6H3/t16-,17?,18+,19?,20-,21+,22+/m1/s1. The summed E-state index contributed by atoms with van der Waals surface area (Å²) in [6.45, 7) is 14.7. The molecule has 0 bridgehead atoms. The van der Waals surface area contributed by atoms with Crippen LogP contribution in [0.5, 0.6) is 0 Å². The quantitative estimate of drug-likeness (QED) is 0.601. The third-order valence-electron chi connectivity index (χ3n) is 7.89. The van der Waals surface area contributed by atoms with Crippen molar-refractivity contribution in [3.63, 3.8) is 0 Å². The highest BCUT2D eigenvalue weighted by atomic mass is 16.5. The minimum atomic E-state index is -0.450. The molecule has 0 amide bonds. The van der Waals surface area contributed by atoms with Gasteiger partial charge in [0.2, 0.25) is 0 Å². The van der Waals surface area contributed by atoms with Crippen molar-refractivity contribution in [2.75, 3.05) is 6.61 Å². The second-order valence-corrected chi connectivity index (χ2v) is 10.1. The molecule has 0 radical (unpaired) electrons. The van der Waals surface area contributed by atoms with Crippen molar-refractivity contribution in [3.05, 3.63) is 12.7 Å². The monoisotopic (exact) mass is 364 g/mol. The van der Waals surface area contributed by atoms with Crippen LogP contribution in [0.25, 0.3) is 0 Å². The lowest BCUT2D eigenvalue weighted by Gasteiger charge is -2.66. The Hall–Kier alpha value is -0.870. The molecule has 4 nitrogen and oxygen atoms in total. The molecular weight excluding hydrogens is 328 g/mol. The Morgan fingerprint density at radius 3 is 2.58 bits per heavy atom. The second kappa shape index (κ2) is 6.34. The molecule has 2 aliphatic carbocycles. The van der Waals surface area contributed by atoms with Gasteiger partial charge >= 0.3 is 5.97 Å². The van der Waals surface area contributed by atoms with Crippen LogP contribution in [0.3, 0.4) is 0 Å². The first kappa shape index (κ1) is 19.9. The van der Waals surface area contributed by atoms with Crippen LogP contribution in [0.15, 0.2) is 12.7 Å². The van der Waals surface area contributed by atoms with Gasteiger partial charge in [-0.15, -0.1) is 6.58 Å². The molecule has 4 heteroatoms. The second-order valence-electron chi connectivity index (χ2n) is 10.1. The van der Waals surface area contributed by atoms with Crippen LogP contribution in [0.2, 0.25) is 0 Å². The van der Waals surface area contributed by atoms with E-state index in [4.69, 9.17) is 9.47 Å². The van der Waals surface area contributed by atoms with Gasteiger partial charge in [0.25, 0.3) is 0 Å². The van der Waals surface area contributed by atoms with Crippen molar-refractivity contribution in [2.24, 2.45) is 22.7 Å². The van der Waals surface area contributed by atoms with E-state index in [0.29, 0.717) is 18.9 Å². The fraction of sp³-hybridized carbons (Fsp3) is 0.864. The molecule has 7 atom stereocenters. The molecule has 0 aromatic heterocycles. The minimum absolute atomic E-state index is 0.0118. The van der Waals surface area contributed by atoms with E-state index < -0.39 is 6.10 Å². The van der Waals surface area contributed by atoms with E-state index >= 15 is 0 Å². The largest absolute Gasteiger partial charge is 0.465 e. The Morgan fingerprint density at radius 2 is 1.96 bits per heavy atom. The lowest BCUT2D eigenvalue weighted by atomic mass is 9.43. The van der Waals surface area contributed by atoms with Crippen LogP contribution in [-0.2, 0) is 14.3 Å². The van der Waals surface area contributed by atoms with Crippen LogP contribution in [0.4, 0.5) is 0 Å². The maximum atomic E-state index is 11.4. The van der Waals surface area contributed by atoms with Gasteiger partial charge in [0.1, 0.15) is 0 Å².